The van der Waals surface area contributed by atoms with E-state index in [0.29, 0.717) is 0 Å². The van der Waals surface area contributed by atoms with Gasteiger partial charge in [0.2, 0.25) is 0 Å². The molecule has 0 aromatic heterocycles. The van der Waals surface area contributed by atoms with Crippen molar-refractivity contribution >= 4 is 17.3 Å². The number of amides is 1. The number of benzene rings is 2. The molecule has 0 bridgehead atoms. The Bertz CT molecular complexity index is 631. The summed E-state index contributed by atoms with van der Waals surface area (Å²) in [6, 6.07) is 17.8. The van der Waals surface area contributed by atoms with Gasteiger partial charge in [-0.2, -0.15) is 0 Å². The molecule has 0 aliphatic carbocycles. The lowest BCUT2D eigenvalue weighted by Gasteiger charge is -2.26. The number of nitrogens with zero attached hydrogens (tertiary/aromatic N) is 1. The van der Waals surface area contributed by atoms with Crippen molar-refractivity contribution in [1.82, 2.24) is 4.90 Å². The standard InChI is InChI=1S/C20H24N2O/c23-20(22-15-9-2-1-3-10-16-22)18-13-7-8-14-19(18)21-17-11-5-4-6-12-17/h4-8,11-14,21H,1-3,9-10,15-16H2. The monoisotopic (exact) mass is 308 g/mol. The number of carbonyl (C=O) groups excluding carboxylic acids is 1. The van der Waals surface area contributed by atoms with E-state index in [2.05, 4.69) is 5.32 Å². The number of hydrogen-bond donors (Lipinski definition) is 1. The lowest BCUT2D eigenvalue weighted by Crippen LogP contribution is -2.34. The highest BCUT2D eigenvalue weighted by molar-refractivity contribution is 6.00. The summed E-state index contributed by atoms with van der Waals surface area (Å²) in [4.78, 5) is 15.0. The minimum absolute atomic E-state index is 0.144. The maximum absolute atomic E-state index is 13.0. The molecule has 1 heterocycles. The second-order valence-electron chi connectivity index (χ2n) is 6.10. The first-order valence-corrected chi connectivity index (χ1v) is 8.55. The van der Waals surface area contributed by atoms with Gasteiger partial charge in [0.05, 0.1) is 11.3 Å². The zero-order valence-electron chi connectivity index (χ0n) is 13.5. The molecule has 120 valence electrons. The van der Waals surface area contributed by atoms with E-state index in [0.717, 1.165) is 42.9 Å². The van der Waals surface area contributed by atoms with Crippen LogP contribution in [0.15, 0.2) is 54.6 Å². The van der Waals surface area contributed by atoms with E-state index in [1.165, 1.54) is 19.3 Å². The Hall–Kier alpha value is -2.29. The molecule has 0 spiro atoms. The highest BCUT2D eigenvalue weighted by Crippen LogP contribution is 2.23. The van der Waals surface area contributed by atoms with E-state index >= 15 is 0 Å². The quantitative estimate of drug-likeness (QED) is 0.880. The number of hydrogen-bond acceptors (Lipinski definition) is 2. The Kier molecular flexibility index (Phi) is 5.30. The second kappa shape index (κ2) is 7.82. The zero-order valence-corrected chi connectivity index (χ0v) is 13.5. The molecule has 1 N–H and O–H groups in total. The molecule has 23 heavy (non-hydrogen) atoms. The van der Waals surface area contributed by atoms with E-state index in [4.69, 9.17) is 0 Å². The molecule has 2 aromatic carbocycles. The van der Waals surface area contributed by atoms with Crippen LogP contribution in [0.25, 0.3) is 0 Å². The first-order valence-electron chi connectivity index (χ1n) is 8.55. The van der Waals surface area contributed by atoms with Crippen molar-refractivity contribution in [1.29, 1.82) is 0 Å². The van der Waals surface area contributed by atoms with Gasteiger partial charge in [0.25, 0.3) is 5.91 Å². The molecule has 2 aromatic rings. The molecule has 0 radical (unpaired) electrons. The topological polar surface area (TPSA) is 32.3 Å². The van der Waals surface area contributed by atoms with Crippen LogP contribution in [-0.4, -0.2) is 23.9 Å². The molecular formula is C20H24N2O. The van der Waals surface area contributed by atoms with Crippen molar-refractivity contribution in [2.24, 2.45) is 0 Å². The summed E-state index contributed by atoms with van der Waals surface area (Å²) >= 11 is 0. The van der Waals surface area contributed by atoms with Crippen LogP contribution in [0, 0.1) is 0 Å². The van der Waals surface area contributed by atoms with Gasteiger partial charge < -0.3 is 10.2 Å². The van der Waals surface area contributed by atoms with Crippen LogP contribution in [0.5, 0.6) is 0 Å². The summed E-state index contributed by atoms with van der Waals surface area (Å²) in [7, 11) is 0. The Morgan fingerprint density at radius 3 is 2.13 bits per heavy atom. The summed E-state index contributed by atoms with van der Waals surface area (Å²) in [6.45, 7) is 1.75. The fourth-order valence-electron chi connectivity index (χ4n) is 3.08. The smallest absolute Gasteiger partial charge is 0.255 e. The largest absolute Gasteiger partial charge is 0.355 e. The van der Waals surface area contributed by atoms with Crippen LogP contribution in [0.1, 0.15) is 42.5 Å². The predicted molar refractivity (Wildman–Crippen MR) is 95.2 cm³/mol. The van der Waals surface area contributed by atoms with Gasteiger partial charge in [-0.05, 0) is 37.1 Å². The van der Waals surface area contributed by atoms with Crippen molar-refractivity contribution in [3.05, 3.63) is 60.2 Å². The van der Waals surface area contributed by atoms with Crippen molar-refractivity contribution in [2.45, 2.75) is 32.1 Å². The van der Waals surface area contributed by atoms with Crippen LogP contribution in [0.3, 0.4) is 0 Å². The van der Waals surface area contributed by atoms with Crippen LogP contribution in [-0.2, 0) is 0 Å². The SMILES string of the molecule is O=C(c1ccccc1Nc1ccccc1)N1CCCCCCC1. The lowest BCUT2D eigenvalue weighted by atomic mass is 10.1. The summed E-state index contributed by atoms with van der Waals surface area (Å²) < 4.78 is 0. The number of rotatable bonds is 3. The molecule has 3 rings (SSSR count). The van der Waals surface area contributed by atoms with E-state index < -0.39 is 0 Å². The highest BCUT2D eigenvalue weighted by atomic mass is 16.2. The molecule has 1 amide bonds. The average Bonchev–Trinajstić information content (AvgIpc) is 2.55. The van der Waals surface area contributed by atoms with E-state index in [-0.39, 0.29) is 5.91 Å². The van der Waals surface area contributed by atoms with E-state index in [1.807, 2.05) is 59.5 Å². The predicted octanol–water partition coefficient (Wildman–Crippen LogP) is 4.84. The molecule has 0 atom stereocenters. The van der Waals surface area contributed by atoms with E-state index in [9.17, 15) is 4.79 Å². The number of para-hydroxylation sites is 2. The minimum Gasteiger partial charge on any atom is -0.355 e. The third kappa shape index (κ3) is 4.13. The maximum Gasteiger partial charge on any atom is 0.255 e. The van der Waals surface area contributed by atoms with Crippen molar-refractivity contribution in [3.8, 4) is 0 Å². The average molecular weight is 308 g/mol. The van der Waals surface area contributed by atoms with Crippen LogP contribution >= 0.6 is 0 Å². The van der Waals surface area contributed by atoms with Gasteiger partial charge in [-0.25, -0.2) is 0 Å². The number of nitrogens with one attached hydrogen (secondary N) is 1. The maximum atomic E-state index is 13.0. The fourth-order valence-corrected chi connectivity index (χ4v) is 3.08. The van der Waals surface area contributed by atoms with Crippen LogP contribution in [0.2, 0.25) is 0 Å². The first kappa shape index (κ1) is 15.6. The Balaban J connectivity index is 1.79. The van der Waals surface area contributed by atoms with Gasteiger partial charge in [-0.15, -0.1) is 0 Å². The van der Waals surface area contributed by atoms with Gasteiger partial charge >= 0.3 is 0 Å². The van der Waals surface area contributed by atoms with Crippen LogP contribution < -0.4 is 5.32 Å². The third-order valence-electron chi connectivity index (χ3n) is 4.35. The molecule has 3 nitrogen and oxygen atoms in total. The van der Waals surface area contributed by atoms with Crippen molar-refractivity contribution in [2.75, 3.05) is 18.4 Å². The first-order chi connectivity index (χ1) is 11.3. The molecule has 1 fully saturated rings. The number of likely N-dealkylation sites (tertiary alicyclic amines) is 1. The molecule has 0 saturated carbocycles. The molecule has 1 aliphatic rings. The van der Waals surface area contributed by atoms with Crippen molar-refractivity contribution in [3.63, 3.8) is 0 Å². The Labute approximate surface area is 138 Å². The molecule has 1 saturated heterocycles. The summed E-state index contributed by atoms with van der Waals surface area (Å²) in [5.41, 5.74) is 2.64. The second-order valence-corrected chi connectivity index (χ2v) is 6.10. The summed E-state index contributed by atoms with van der Waals surface area (Å²) in [5.74, 6) is 0.144. The summed E-state index contributed by atoms with van der Waals surface area (Å²) in [6.07, 6.45) is 5.98. The number of anilines is 2. The van der Waals surface area contributed by atoms with E-state index in [1.54, 1.807) is 0 Å². The van der Waals surface area contributed by atoms with Gasteiger partial charge in [0.15, 0.2) is 0 Å². The number of carbonyl (C=O) groups is 1. The Morgan fingerprint density at radius 1 is 0.783 bits per heavy atom. The fraction of sp³-hybridized carbons (Fsp3) is 0.350. The van der Waals surface area contributed by atoms with Crippen molar-refractivity contribution < 1.29 is 4.79 Å². The normalized spacial score (nSPS) is 15.6. The molecular weight excluding hydrogens is 284 g/mol. The molecule has 0 unspecified atom stereocenters. The lowest BCUT2D eigenvalue weighted by molar-refractivity contribution is 0.0743. The summed E-state index contributed by atoms with van der Waals surface area (Å²) in [5, 5.41) is 3.37. The zero-order chi connectivity index (χ0) is 15.9. The van der Waals surface area contributed by atoms with Gasteiger partial charge in [0, 0.05) is 18.8 Å². The van der Waals surface area contributed by atoms with Crippen LogP contribution in [0.4, 0.5) is 11.4 Å². The highest BCUT2D eigenvalue weighted by Gasteiger charge is 2.19. The van der Waals surface area contributed by atoms with Gasteiger partial charge in [0.1, 0.15) is 0 Å². The van der Waals surface area contributed by atoms with Gasteiger partial charge in [-0.3, -0.25) is 4.79 Å². The molecule has 3 heteroatoms. The third-order valence-corrected chi connectivity index (χ3v) is 4.35. The molecule has 1 aliphatic heterocycles. The minimum atomic E-state index is 0.144. The Morgan fingerprint density at radius 2 is 1.39 bits per heavy atom. The van der Waals surface area contributed by atoms with Gasteiger partial charge in [-0.1, -0.05) is 49.6 Å².